The number of para-hydroxylation sites is 1. The fraction of sp³-hybridized carbons (Fsp3) is 0.500. The lowest BCUT2D eigenvalue weighted by Gasteiger charge is -2.28. The molecule has 1 aromatic carbocycles. The molecule has 4 heteroatoms. The molecule has 0 saturated carbocycles. The van der Waals surface area contributed by atoms with Crippen molar-refractivity contribution in [3.8, 4) is 5.75 Å². The Morgan fingerprint density at radius 3 is 3.00 bits per heavy atom. The molecule has 1 aliphatic heterocycles. The first kappa shape index (κ1) is 12.9. The average Bonchev–Trinajstić information content (AvgIpc) is 2.36. The van der Waals surface area contributed by atoms with Crippen molar-refractivity contribution in [1.29, 1.82) is 0 Å². The number of aliphatic hydroxyl groups excluding tert-OH is 1. The van der Waals surface area contributed by atoms with Crippen molar-refractivity contribution in [2.45, 2.75) is 19.4 Å². The van der Waals surface area contributed by atoms with Crippen LogP contribution in [0.25, 0.3) is 0 Å². The van der Waals surface area contributed by atoms with Gasteiger partial charge in [-0.25, -0.2) is 0 Å². The van der Waals surface area contributed by atoms with Gasteiger partial charge in [-0.3, -0.25) is 4.79 Å². The molecule has 2 rings (SSSR count). The van der Waals surface area contributed by atoms with Crippen LogP contribution in [-0.4, -0.2) is 42.2 Å². The molecule has 18 heavy (non-hydrogen) atoms. The summed E-state index contributed by atoms with van der Waals surface area (Å²) in [6.45, 7) is 2.45. The summed E-state index contributed by atoms with van der Waals surface area (Å²) >= 11 is 0. The molecular weight excluding hydrogens is 230 g/mol. The van der Waals surface area contributed by atoms with E-state index in [1.807, 2.05) is 24.3 Å². The number of ether oxygens (including phenoxy) is 1. The third kappa shape index (κ3) is 2.82. The van der Waals surface area contributed by atoms with Crippen LogP contribution in [0.1, 0.15) is 12.5 Å². The van der Waals surface area contributed by atoms with E-state index in [0.29, 0.717) is 19.6 Å². The molecule has 0 spiro atoms. The van der Waals surface area contributed by atoms with Crippen LogP contribution in [0.5, 0.6) is 5.75 Å². The number of hydrogen-bond acceptors (Lipinski definition) is 3. The highest BCUT2D eigenvalue weighted by Gasteiger charge is 2.28. The van der Waals surface area contributed by atoms with Crippen LogP contribution in [0.2, 0.25) is 0 Å². The summed E-state index contributed by atoms with van der Waals surface area (Å²) in [7, 11) is 1.72. The van der Waals surface area contributed by atoms with E-state index in [9.17, 15) is 9.90 Å². The Labute approximate surface area is 107 Å². The summed E-state index contributed by atoms with van der Waals surface area (Å²) in [6.07, 6.45) is 0.204. The topological polar surface area (TPSA) is 49.8 Å². The number of hydrogen-bond donors (Lipinski definition) is 1. The van der Waals surface area contributed by atoms with Crippen molar-refractivity contribution < 1.29 is 14.6 Å². The van der Waals surface area contributed by atoms with Gasteiger partial charge in [0.2, 0.25) is 5.91 Å². The molecular formula is C14H19NO3. The zero-order valence-corrected chi connectivity index (χ0v) is 10.8. The molecule has 1 aliphatic rings. The summed E-state index contributed by atoms with van der Waals surface area (Å²) in [5.74, 6) is 0.758. The van der Waals surface area contributed by atoms with Crippen LogP contribution in [0.15, 0.2) is 24.3 Å². The molecule has 98 valence electrons. The first-order valence-electron chi connectivity index (χ1n) is 6.21. The van der Waals surface area contributed by atoms with Crippen molar-refractivity contribution in [1.82, 2.24) is 4.90 Å². The van der Waals surface area contributed by atoms with E-state index in [2.05, 4.69) is 0 Å². The Balaban J connectivity index is 2.02. The first-order valence-corrected chi connectivity index (χ1v) is 6.21. The number of nitrogens with zero attached hydrogens (tertiary/aromatic N) is 1. The van der Waals surface area contributed by atoms with Crippen LogP contribution in [0.4, 0.5) is 0 Å². The average molecular weight is 249 g/mol. The Morgan fingerprint density at radius 2 is 2.28 bits per heavy atom. The highest BCUT2D eigenvalue weighted by molar-refractivity contribution is 5.79. The molecule has 2 unspecified atom stereocenters. The molecule has 0 bridgehead atoms. The minimum absolute atomic E-state index is 0.0328. The number of amides is 1. The standard InChI is InChI=1S/C14H19NO3/c1-10(16)8-15(2)14(17)12-7-11-5-3-4-6-13(11)18-9-12/h3-6,10,12,16H,7-9H2,1-2H3. The number of aliphatic hydroxyl groups is 1. The number of carbonyl (C=O) groups is 1. The maximum absolute atomic E-state index is 12.2. The first-order chi connectivity index (χ1) is 8.58. The lowest BCUT2D eigenvalue weighted by Crippen LogP contribution is -2.41. The second-order valence-electron chi connectivity index (χ2n) is 4.89. The third-order valence-electron chi connectivity index (χ3n) is 3.14. The molecule has 2 atom stereocenters. The molecule has 4 nitrogen and oxygen atoms in total. The van der Waals surface area contributed by atoms with Gasteiger partial charge in [-0.2, -0.15) is 0 Å². The summed E-state index contributed by atoms with van der Waals surface area (Å²) in [5.41, 5.74) is 1.08. The maximum atomic E-state index is 12.2. The van der Waals surface area contributed by atoms with Gasteiger partial charge in [-0.1, -0.05) is 18.2 Å². The molecule has 1 heterocycles. The van der Waals surface area contributed by atoms with Gasteiger partial charge >= 0.3 is 0 Å². The number of fused-ring (bicyclic) bond motifs is 1. The van der Waals surface area contributed by atoms with Crippen molar-refractivity contribution in [3.63, 3.8) is 0 Å². The summed E-state index contributed by atoms with van der Waals surface area (Å²) in [4.78, 5) is 13.8. The minimum atomic E-state index is -0.504. The SMILES string of the molecule is CC(O)CN(C)C(=O)C1COc2ccccc2C1. The van der Waals surface area contributed by atoms with Gasteiger partial charge < -0.3 is 14.7 Å². The molecule has 1 aromatic rings. The van der Waals surface area contributed by atoms with E-state index in [-0.39, 0.29) is 11.8 Å². The summed E-state index contributed by atoms with van der Waals surface area (Å²) in [6, 6.07) is 7.80. The van der Waals surface area contributed by atoms with Crippen LogP contribution in [0, 0.1) is 5.92 Å². The Kier molecular flexibility index (Phi) is 3.87. The van der Waals surface area contributed by atoms with Gasteiger partial charge in [0.05, 0.1) is 12.0 Å². The molecule has 0 fully saturated rings. The fourth-order valence-electron chi connectivity index (χ4n) is 2.28. The van der Waals surface area contributed by atoms with Gasteiger partial charge in [0, 0.05) is 13.6 Å². The molecule has 0 aromatic heterocycles. The quantitative estimate of drug-likeness (QED) is 0.872. The van der Waals surface area contributed by atoms with Gasteiger partial charge in [0.25, 0.3) is 0 Å². The van der Waals surface area contributed by atoms with E-state index in [1.165, 1.54) is 0 Å². The van der Waals surface area contributed by atoms with E-state index in [1.54, 1.807) is 18.9 Å². The zero-order chi connectivity index (χ0) is 13.1. The predicted molar refractivity (Wildman–Crippen MR) is 68.4 cm³/mol. The number of likely N-dealkylation sites (N-methyl/N-ethyl adjacent to an activating group) is 1. The summed E-state index contributed by atoms with van der Waals surface area (Å²) in [5, 5.41) is 9.30. The maximum Gasteiger partial charge on any atom is 0.229 e. The van der Waals surface area contributed by atoms with Crippen molar-refractivity contribution in [2.24, 2.45) is 5.92 Å². The zero-order valence-electron chi connectivity index (χ0n) is 10.8. The highest BCUT2D eigenvalue weighted by atomic mass is 16.5. The summed E-state index contributed by atoms with van der Waals surface area (Å²) < 4.78 is 5.60. The normalized spacial score (nSPS) is 19.6. The fourth-order valence-corrected chi connectivity index (χ4v) is 2.28. The van der Waals surface area contributed by atoms with Crippen LogP contribution in [-0.2, 0) is 11.2 Å². The lowest BCUT2D eigenvalue weighted by molar-refractivity contribution is -0.136. The Bertz CT molecular complexity index is 431. The van der Waals surface area contributed by atoms with Crippen molar-refractivity contribution >= 4 is 5.91 Å². The van der Waals surface area contributed by atoms with Crippen molar-refractivity contribution in [2.75, 3.05) is 20.2 Å². The van der Waals surface area contributed by atoms with Crippen LogP contribution >= 0.6 is 0 Å². The van der Waals surface area contributed by atoms with Gasteiger partial charge in [0.15, 0.2) is 0 Å². The second kappa shape index (κ2) is 5.40. The number of carbonyl (C=O) groups excluding carboxylic acids is 1. The predicted octanol–water partition coefficient (Wildman–Crippen LogP) is 1.08. The third-order valence-corrected chi connectivity index (χ3v) is 3.14. The van der Waals surface area contributed by atoms with E-state index in [4.69, 9.17) is 4.74 Å². The molecule has 0 radical (unpaired) electrons. The highest BCUT2D eigenvalue weighted by Crippen LogP contribution is 2.27. The van der Waals surface area contributed by atoms with Crippen molar-refractivity contribution in [3.05, 3.63) is 29.8 Å². The van der Waals surface area contributed by atoms with E-state index in [0.717, 1.165) is 11.3 Å². The van der Waals surface area contributed by atoms with Crippen LogP contribution < -0.4 is 4.74 Å². The van der Waals surface area contributed by atoms with E-state index < -0.39 is 6.10 Å². The van der Waals surface area contributed by atoms with Gasteiger partial charge in [-0.05, 0) is 25.0 Å². The molecule has 1 N–H and O–H groups in total. The molecule has 0 aliphatic carbocycles. The van der Waals surface area contributed by atoms with E-state index >= 15 is 0 Å². The number of benzene rings is 1. The van der Waals surface area contributed by atoms with Crippen LogP contribution in [0.3, 0.4) is 0 Å². The van der Waals surface area contributed by atoms with Gasteiger partial charge in [0.1, 0.15) is 12.4 Å². The monoisotopic (exact) mass is 249 g/mol. The molecule has 0 saturated heterocycles. The Hall–Kier alpha value is -1.55. The lowest BCUT2D eigenvalue weighted by atomic mass is 9.95. The minimum Gasteiger partial charge on any atom is -0.492 e. The number of rotatable bonds is 3. The van der Waals surface area contributed by atoms with Gasteiger partial charge in [-0.15, -0.1) is 0 Å². The Morgan fingerprint density at radius 1 is 1.56 bits per heavy atom. The second-order valence-corrected chi connectivity index (χ2v) is 4.89. The smallest absolute Gasteiger partial charge is 0.229 e. The molecule has 1 amide bonds. The largest absolute Gasteiger partial charge is 0.492 e.